The van der Waals surface area contributed by atoms with Crippen molar-refractivity contribution in [2.45, 2.75) is 13.3 Å². The first-order valence-electron chi connectivity index (χ1n) is 6.15. The summed E-state index contributed by atoms with van der Waals surface area (Å²) in [7, 11) is 0. The van der Waals surface area contributed by atoms with Crippen molar-refractivity contribution in [3.05, 3.63) is 64.1 Å². The fourth-order valence-electron chi connectivity index (χ4n) is 2.27. The van der Waals surface area contributed by atoms with Crippen LogP contribution in [0.5, 0.6) is 0 Å². The molecular weight excluding hydrogens is 254 g/mol. The van der Waals surface area contributed by atoms with Gasteiger partial charge in [0.1, 0.15) is 0 Å². The summed E-state index contributed by atoms with van der Waals surface area (Å²) in [5, 5.41) is 2.33. The molecule has 1 aromatic heterocycles. The van der Waals surface area contributed by atoms with Crippen molar-refractivity contribution in [1.29, 1.82) is 0 Å². The Balaban J connectivity index is 1.98. The molecule has 94 valence electrons. The Labute approximate surface area is 115 Å². The number of ketones is 1. The van der Waals surface area contributed by atoms with Crippen LogP contribution in [0.1, 0.15) is 20.9 Å². The maximum absolute atomic E-state index is 12.3. The molecule has 0 aliphatic carbocycles. The molecule has 0 aliphatic heterocycles. The highest BCUT2D eigenvalue weighted by Gasteiger charge is 2.13. The second-order valence-corrected chi connectivity index (χ2v) is 5.36. The predicted molar refractivity (Wildman–Crippen MR) is 78.8 cm³/mol. The van der Waals surface area contributed by atoms with Gasteiger partial charge in [-0.25, -0.2) is 4.98 Å². The van der Waals surface area contributed by atoms with Crippen molar-refractivity contribution in [1.82, 2.24) is 4.98 Å². The number of Topliss-reactive ketones (excluding diaryl/α,β-unsaturated/α-hetero) is 1. The smallest absolute Gasteiger partial charge is 0.179 e. The highest BCUT2D eigenvalue weighted by molar-refractivity contribution is 7.11. The van der Waals surface area contributed by atoms with Crippen molar-refractivity contribution in [3.8, 4) is 0 Å². The largest absolute Gasteiger partial charge is 0.293 e. The second-order valence-electron chi connectivity index (χ2n) is 4.51. The van der Waals surface area contributed by atoms with E-state index < -0.39 is 0 Å². The molecule has 0 aliphatic rings. The van der Waals surface area contributed by atoms with Crippen LogP contribution in [0.4, 0.5) is 0 Å². The Morgan fingerprint density at radius 1 is 1.16 bits per heavy atom. The van der Waals surface area contributed by atoms with Crippen LogP contribution in [-0.2, 0) is 6.42 Å². The minimum Gasteiger partial charge on any atom is -0.293 e. The number of aromatic nitrogens is 1. The number of aryl methyl sites for hydroxylation is 1. The number of thiazole rings is 1. The van der Waals surface area contributed by atoms with Crippen LogP contribution in [0.15, 0.2) is 48.0 Å². The highest BCUT2D eigenvalue weighted by Crippen LogP contribution is 2.22. The molecular formula is C16H13NOS. The van der Waals surface area contributed by atoms with E-state index in [4.69, 9.17) is 0 Å². The van der Waals surface area contributed by atoms with E-state index in [9.17, 15) is 4.79 Å². The summed E-state index contributed by atoms with van der Waals surface area (Å²) in [6.07, 6.45) is 0.435. The first-order chi connectivity index (χ1) is 9.25. The van der Waals surface area contributed by atoms with Gasteiger partial charge in [0.25, 0.3) is 0 Å². The van der Waals surface area contributed by atoms with Gasteiger partial charge in [0.05, 0.1) is 16.1 Å². The minimum absolute atomic E-state index is 0.149. The van der Waals surface area contributed by atoms with Gasteiger partial charge in [-0.3, -0.25) is 4.79 Å². The van der Waals surface area contributed by atoms with Gasteiger partial charge in [-0.2, -0.15) is 0 Å². The Hall–Kier alpha value is -2.00. The molecule has 0 saturated heterocycles. The van der Waals surface area contributed by atoms with Gasteiger partial charge in [-0.1, -0.05) is 42.5 Å². The zero-order valence-electron chi connectivity index (χ0n) is 10.6. The minimum atomic E-state index is 0.149. The molecule has 0 atom stereocenters. The standard InChI is InChI=1S/C16H13NOS/c1-11-16(19-10-17-11)15(18)9-13-7-4-6-12-5-2-3-8-14(12)13/h2-8,10H,9H2,1H3. The maximum Gasteiger partial charge on any atom is 0.179 e. The van der Waals surface area contributed by atoms with Crippen molar-refractivity contribution >= 4 is 27.9 Å². The molecule has 0 radical (unpaired) electrons. The lowest BCUT2D eigenvalue weighted by Gasteiger charge is -2.05. The molecule has 3 aromatic rings. The summed E-state index contributed by atoms with van der Waals surface area (Å²) < 4.78 is 0. The van der Waals surface area contributed by atoms with Gasteiger partial charge in [0, 0.05) is 6.42 Å². The van der Waals surface area contributed by atoms with E-state index in [0.717, 1.165) is 21.5 Å². The molecule has 0 fully saturated rings. The molecule has 0 N–H and O–H groups in total. The average Bonchev–Trinajstić information content (AvgIpc) is 2.85. The quantitative estimate of drug-likeness (QED) is 0.671. The van der Waals surface area contributed by atoms with Crippen molar-refractivity contribution in [3.63, 3.8) is 0 Å². The van der Waals surface area contributed by atoms with E-state index in [1.165, 1.54) is 16.7 Å². The Bertz CT molecular complexity index is 740. The van der Waals surface area contributed by atoms with Gasteiger partial charge < -0.3 is 0 Å². The van der Waals surface area contributed by atoms with Gasteiger partial charge >= 0.3 is 0 Å². The lowest BCUT2D eigenvalue weighted by molar-refractivity contribution is 0.0996. The molecule has 3 rings (SSSR count). The topological polar surface area (TPSA) is 30.0 Å². The molecule has 0 spiro atoms. The first-order valence-corrected chi connectivity index (χ1v) is 7.03. The monoisotopic (exact) mass is 267 g/mol. The third-order valence-electron chi connectivity index (χ3n) is 3.23. The fourth-order valence-corrected chi connectivity index (χ4v) is 3.01. The summed E-state index contributed by atoms with van der Waals surface area (Å²) in [6.45, 7) is 1.88. The van der Waals surface area contributed by atoms with Crippen LogP contribution in [0, 0.1) is 6.92 Å². The van der Waals surface area contributed by atoms with E-state index in [0.29, 0.717) is 6.42 Å². The van der Waals surface area contributed by atoms with Gasteiger partial charge in [0.15, 0.2) is 5.78 Å². The maximum atomic E-state index is 12.3. The zero-order valence-corrected chi connectivity index (χ0v) is 11.4. The normalized spacial score (nSPS) is 10.8. The summed E-state index contributed by atoms with van der Waals surface area (Å²) >= 11 is 1.42. The number of fused-ring (bicyclic) bond motifs is 1. The number of carbonyl (C=O) groups excluding carboxylic acids is 1. The van der Waals surface area contributed by atoms with Crippen LogP contribution in [0.2, 0.25) is 0 Å². The molecule has 1 heterocycles. The molecule has 0 saturated carbocycles. The lowest BCUT2D eigenvalue weighted by atomic mass is 10.00. The van der Waals surface area contributed by atoms with E-state index in [-0.39, 0.29) is 5.78 Å². The van der Waals surface area contributed by atoms with Crippen LogP contribution < -0.4 is 0 Å². The molecule has 0 bridgehead atoms. The number of hydrogen-bond acceptors (Lipinski definition) is 3. The van der Waals surface area contributed by atoms with E-state index >= 15 is 0 Å². The van der Waals surface area contributed by atoms with Crippen molar-refractivity contribution < 1.29 is 4.79 Å². The van der Waals surface area contributed by atoms with Crippen LogP contribution in [-0.4, -0.2) is 10.8 Å². The lowest BCUT2D eigenvalue weighted by Crippen LogP contribution is -2.03. The SMILES string of the molecule is Cc1ncsc1C(=O)Cc1cccc2ccccc12. The number of carbonyl (C=O) groups is 1. The molecule has 0 amide bonds. The Morgan fingerprint density at radius 3 is 2.74 bits per heavy atom. The van der Waals surface area contributed by atoms with E-state index in [1.54, 1.807) is 5.51 Å². The third kappa shape index (κ3) is 2.29. The number of benzene rings is 2. The Morgan fingerprint density at radius 2 is 1.95 bits per heavy atom. The fraction of sp³-hybridized carbons (Fsp3) is 0.125. The predicted octanol–water partition coefficient (Wildman–Crippen LogP) is 4.03. The summed E-state index contributed by atoms with van der Waals surface area (Å²) in [6, 6.07) is 14.3. The average molecular weight is 267 g/mol. The summed E-state index contributed by atoms with van der Waals surface area (Å²) in [5.41, 5.74) is 3.64. The highest BCUT2D eigenvalue weighted by atomic mass is 32.1. The van der Waals surface area contributed by atoms with Crippen molar-refractivity contribution in [2.24, 2.45) is 0 Å². The number of nitrogens with zero attached hydrogens (tertiary/aromatic N) is 1. The van der Waals surface area contributed by atoms with Crippen LogP contribution >= 0.6 is 11.3 Å². The summed E-state index contributed by atoms with van der Waals surface area (Å²) in [4.78, 5) is 17.2. The molecule has 2 aromatic carbocycles. The molecule has 19 heavy (non-hydrogen) atoms. The zero-order chi connectivity index (χ0) is 13.2. The van der Waals surface area contributed by atoms with Gasteiger partial charge in [-0.15, -0.1) is 11.3 Å². The second kappa shape index (κ2) is 4.94. The van der Waals surface area contributed by atoms with E-state index in [2.05, 4.69) is 23.2 Å². The molecule has 3 heteroatoms. The van der Waals surface area contributed by atoms with Crippen molar-refractivity contribution in [2.75, 3.05) is 0 Å². The molecule has 0 unspecified atom stereocenters. The number of hydrogen-bond donors (Lipinski definition) is 0. The first kappa shape index (κ1) is 12.1. The van der Waals surface area contributed by atoms with Gasteiger partial charge in [-0.05, 0) is 23.3 Å². The summed E-state index contributed by atoms with van der Waals surface area (Å²) in [5.74, 6) is 0.149. The Kier molecular flexibility index (Phi) is 3.13. The van der Waals surface area contributed by atoms with Crippen LogP contribution in [0.3, 0.4) is 0 Å². The van der Waals surface area contributed by atoms with E-state index in [1.807, 2.05) is 31.2 Å². The molecule has 2 nitrogen and oxygen atoms in total. The number of rotatable bonds is 3. The van der Waals surface area contributed by atoms with Gasteiger partial charge in [0.2, 0.25) is 0 Å². The third-order valence-corrected chi connectivity index (χ3v) is 4.20. The van der Waals surface area contributed by atoms with Crippen LogP contribution in [0.25, 0.3) is 10.8 Å².